The predicted molar refractivity (Wildman–Crippen MR) is 76.3 cm³/mol. The van der Waals surface area contributed by atoms with Crippen molar-refractivity contribution < 1.29 is 29.3 Å². The molecular weight excluding hydrogens is 294 g/mol. The van der Waals surface area contributed by atoms with Gasteiger partial charge in [0, 0.05) is 0 Å². The summed E-state index contributed by atoms with van der Waals surface area (Å²) in [5.74, 6) is -2.31. The fraction of sp³-hybridized carbons (Fsp3) is 0.769. The summed E-state index contributed by atoms with van der Waals surface area (Å²) in [4.78, 5) is 31.7. The molecule has 0 aromatic carbocycles. The molecule has 0 spiro atoms. The molecule has 2 fully saturated rings. The summed E-state index contributed by atoms with van der Waals surface area (Å²) in [5, 5.41) is 22.6. The summed E-state index contributed by atoms with van der Waals surface area (Å²) in [6.07, 6.45) is 3.46. The van der Waals surface area contributed by atoms with Crippen LogP contribution in [0.4, 0.5) is 0 Å². The van der Waals surface area contributed by atoms with E-state index in [2.05, 4.69) is 10.6 Å². The molecule has 2 aliphatic rings. The average Bonchev–Trinajstić information content (AvgIpc) is 3.16. The molecule has 0 amide bonds. The van der Waals surface area contributed by atoms with Gasteiger partial charge in [-0.15, -0.1) is 0 Å². The van der Waals surface area contributed by atoms with Gasteiger partial charge in [-0.05, 0) is 38.8 Å². The summed E-state index contributed by atoms with van der Waals surface area (Å²) >= 11 is 0. The summed E-state index contributed by atoms with van der Waals surface area (Å²) < 4.78 is 4.74. The van der Waals surface area contributed by atoms with Crippen molar-refractivity contribution in [1.29, 1.82) is 0 Å². The maximum Gasteiger partial charge on any atom is 0.324 e. The van der Waals surface area contributed by atoms with Crippen LogP contribution in [-0.4, -0.2) is 65.9 Å². The first-order valence-corrected chi connectivity index (χ1v) is 7.26. The average molecular weight is 317 g/mol. The monoisotopic (exact) mass is 317 g/mol. The lowest BCUT2D eigenvalue weighted by atomic mass is 10.2. The normalized spacial score (nSPS) is 25.0. The minimum Gasteiger partial charge on any atom is -0.480 e. The molecule has 2 heterocycles. The maximum atomic E-state index is 11.2. The van der Waals surface area contributed by atoms with E-state index in [-0.39, 0.29) is 18.7 Å². The van der Waals surface area contributed by atoms with Gasteiger partial charge in [0.2, 0.25) is 0 Å². The fourth-order valence-electron chi connectivity index (χ4n) is 2.12. The lowest BCUT2D eigenvalue weighted by Crippen LogP contribution is -2.39. The van der Waals surface area contributed by atoms with E-state index in [1.54, 1.807) is 0 Å². The topological polar surface area (TPSA) is 151 Å². The highest BCUT2D eigenvalue weighted by atomic mass is 16.5. The fourth-order valence-corrected chi connectivity index (χ4v) is 2.12. The molecule has 2 rings (SSSR count). The molecule has 2 saturated heterocycles. The standard InChI is InChI=1S/C8H14N2O4.C5H9NO2/c9-5(7(11)12)4-14-8(13)6-2-1-3-10-6;7-5(8)4-2-1-3-6-4/h5-6,10H,1-4,9H2,(H,11,12);4,6H,1-3H2,(H,7,8)/t5-,6-;4-/m00/s1. The summed E-state index contributed by atoms with van der Waals surface area (Å²) in [5.41, 5.74) is 5.17. The van der Waals surface area contributed by atoms with Crippen LogP contribution in [0.15, 0.2) is 0 Å². The Balaban J connectivity index is 0.000000255. The molecule has 22 heavy (non-hydrogen) atoms. The zero-order valence-electron chi connectivity index (χ0n) is 12.3. The first kappa shape index (κ1) is 18.3. The van der Waals surface area contributed by atoms with Crippen LogP contribution in [0.1, 0.15) is 25.7 Å². The number of ether oxygens (including phenoxy) is 1. The zero-order valence-corrected chi connectivity index (χ0v) is 12.3. The van der Waals surface area contributed by atoms with Gasteiger partial charge in [0.15, 0.2) is 0 Å². The van der Waals surface area contributed by atoms with E-state index in [9.17, 15) is 14.4 Å². The Bertz CT molecular complexity index is 391. The van der Waals surface area contributed by atoms with Gasteiger partial charge in [-0.25, -0.2) is 0 Å². The van der Waals surface area contributed by atoms with E-state index in [1.807, 2.05) is 0 Å². The summed E-state index contributed by atoms with van der Waals surface area (Å²) in [7, 11) is 0. The molecule has 0 aliphatic carbocycles. The van der Waals surface area contributed by atoms with E-state index < -0.39 is 23.9 Å². The number of carbonyl (C=O) groups is 3. The maximum absolute atomic E-state index is 11.2. The highest BCUT2D eigenvalue weighted by Crippen LogP contribution is 2.06. The number of esters is 1. The van der Waals surface area contributed by atoms with Crippen LogP contribution < -0.4 is 16.4 Å². The predicted octanol–water partition coefficient (Wildman–Crippen LogP) is -1.48. The molecular formula is C13H23N3O6. The summed E-state index contributed by atoms with van der Waals surface area (Å²) in [6, 6.07) is -1.70. The van der Waals surface area contributed by atoms with Gasteiger partial charge in [-0.2, -0.15) is 0 Å². The zero-order chi connectivity index (χ0) is 16.5. The number of nitrogens with one attached hydrogen (secondary N) is 2. The van der Waals surface area contributed by atoms with Crippen LogP contribution in [0.25, 0.3) is 0 Å². The van der Waals surface area contributed by atoms with Crippen LogP contribution in [0, 0.1) is 0 Å². The number of hydrogen-bond donors (Lipinski definition) is 5. The number of nitrogens with two attached hydrogens (primary N) is 1. The first-order chi connectivity index (χ1) is 10.4. The molecule has 9 heteroatoms. The van der Waals surface area contributed by atoms with E-state index >= 15 is 0 Å². The molecule has 0 saturated carbocycles. The molecule has 0 bridgehead atoms. The SMILES string of the molecule is N[C@@H](COC(=O)[C@@H]1CCCN1)C(=O)O.O=C(O)[C@@H]1CCCN1. The van der Waals surface area contributed by atoms with Crippen LogP contribution in [0.3, 0.4) is 0 Å². The van der Waals surface area contributed by atoms with Gasteiger partial charge in [0.25, 0.3) is 0 Å². The first-order valence-electron chi connectivity index (χ1n) is 7.26. The third-order valence-electron chi connectivity index (χ3n) is 3.43. The number of rotatable bonds is 5. The van der Waals surface area contributed by atoms with Gasteiger partial charge in [-0.1, -0.05) is 0 Å². The number of carbonyl (C=O) groups excluding carboxylic acids is 1. The number of carboxylic acid groups (broad SMARTS) is 2. The van der Waals surface area contributed by atoms with Gasteiger partial charge >= 0.3 is 17.9 Å². The Morgan fingerprint density at radius 3 is 2.00 bits per heavy atom. The van der Waals surface area contributed by atoms with Crippen molar-refractivity contribution in [1.82, 2.24) is 10.6 Å². The van der Waals surface area contributed by atoms with Crippen LogP contribution in [0.2, 0.25) is 0 Å². The number of hydrogen-bond acceptors (Lipinski definition) is 7. The van der Waals surface area contributed by atoms with Crippen molar-refractivity contribution in [3.63, 3.8) is 0 Å². The Morgan fingerprint density at radius 2 is 1.64 bits per heavy atom. The lowest BCUT2D eigenvalue weighted by molar-refractivity contribution is -0.149. The largest absolute Gasteiger partial charge is 0.480 e. The van der Waals surface area contributed by atoms with Crippen molar-refractivity contribution in [3.05, 3.63) is 0 Å². The quantitative estimate of drug-likeness (QED) is 0.382. The van der Waals surface area contributed by atoms with Crippen LogP contribution >= 0.6 is 0 Å². The minimum atomic E-state index is -1.17. The van der Waals surface area contributed by atoms with Gasteiger partial charge in [0.1, 0.15) is 24.7 Å². The van der Waals surface area contributed by atoms with Gasteiger partial charge < -0.3 is 31.3 Å². The highest BCUT2D eigenvalue weighted by Gasteiger charge is 2.24. The van der Waals surface area contributed by atoms with Crippen molar-refractivity contribution in [3.8, 4) is 0 Å². The second-order valence-electron chi connectivity index (χ2n) is 5.21. The molecule has 2 aliphatic heterocycles. The van der Waals surface area contributed by atoms with E-state index in [0.29, 0.717) is 0 Å². The molecule has 126 valence electrons. The summed E-state index contributed by atoms with van der Waals surface area (Å²) in [6.45, 7) is 1.38. The van der Waals surface area contributed by atoms with Crippen molar-refractivity contribution in [2.45, 2.75) is 43.8 Å². The third-order valence-corrected chi connectivity index (χ3v) is 3.43. The van der Waals surface area contributed by atoms with E-state index in [1.165, 1.54) is 0 Å². The molecule has 0 radical (unpaired) electrons. The molecule has 9 nitrogen and oxygen atoms in total. The van der Waals surface area contributed by atoms with Crippen molar-refractivity contribution >= 4 is 17.9 Å². The second-order valence-corrected chi connectivity index (χ2v) is 5.21. The highest BCUT2D eigenvalue weighted by molar-refractivity contribution is 5.77. The molecule has 0 aromatic heterocycles. The Kier molecular flexibility index (Phi) is 7.78. The van der Waals surface area contributed by atoms with Crippen LogP contribution in [-0.2, 0) is 19.1 Å². The molecule has 0 unspecified atom stereocenters. The smallest absolute Gasteiger partial charge is 0.324 e. The molecule has 0 aromatic rings. The van der Waals surface area contributed by atoms with E-state index in [4.69, 9.17) is 20.7 Å². The van der Waals surface area contributed by atoms with Crippen molar-refractivity contribution in [2.75, 3.05) is 19.7 Å². The Labute approximate surface area is 128 Å². The third kappa shape index (κ3) is 6.37. The Hall–Kier alpha value is -1.71. The molecule has 6 N–H and O–H groups in total. The minimum absolute atomic E-state index is 0.269. The lowest BCUT2D eigenvalue weighted by Gasteiger charge is -2.11. The number of aliphatic carboxylic acids is 2. The van der Waals surface area contributed by atoms with Gasteiger partial charge in [0.05, 0.1) is 0 Å². The van der Waals surface area contributed by atoms with Gasteiger partial charge in [-0.3, -0.25) is 14.4 Å². The van der Waals surface area contributed by atoms with Crippen molar-refractivity contribution in [2.24, 2.45) is 5.73 Å². The molecule has 3 atom stereocenters. The second kappa shape index (κ2) is 9.34. The van der Waals surface area contributed by atoms with E-state index in [0.717, 1.165) is 38.8 Å². The van der Waals surface area contributed by atoms with Crippen LogP contribution in [0.5, 0.6) is 0 Å². The number of carboxylic acids is 2. The Morgan fingerprint density at radius 1 is 1.09 bits per heavy atom.